The summed E-state index contributed by atoms with van der Waals surface area (Å²) in [5, 5.41) is 12.9. The fourth-order valence-corrected chi connectivity index (χ4v) is 1.41. The van der Waals surface area contributed by atoms with Gasteiger partial charge >= 0.3 is 0 Å². The van der Waals surface area contributed by atoms with E-state index in [0.717, 1.165) is 5.69 Å². The maximum Gasteiger partial charge on any atom is 0.0652 e. The molecule has 0 spiro atoms. The summed E-state index contributed by atoms with van der Waals surface area (Å²) in [5.41, 5.74) is 6.28. The van der Waals surface area contributed by atoms with E-state index in [-0.39, 0.29) is 12.6 Å². The Balaban J connectivity index is 2.59. The Bertz CT molecular complexity index is 307. The van der Waals surface area contributed by atoms with Gasteiger partial charge in [-0.2, -0.15) is 0 Å². The monoisotopic (exact) mass is 234 g/mol. The quantitative estimate of drug-likeness (QED) is 0.744. The van der Waals surface area contributed by atoms with E-state index in [9.17, 15) is 0 Å². The number of nitrogens with one attached hydrogen (secondary N) is 1. The Morgan fingerprint density at radius 3 is 2.71 bits per heavy atom. The largest absolute Gasteiger partial charge is 0.395 e. The van der Waals surface area contributed by atoms with Crippen LogP contribution in [0.25, 0.3) is 0 Å². The second-order valence-corrected chi connectivity index (χ2v) is 3.79. The van der Waals surface area contributed by atoms with E-state index in [0.29, 0.717) is 16.6 Å². The van der Waals surface area contributed by atoms with E-state index in [1.54, 1.807) is 18.2 Å². The van der Waals surface area contributed by atoms with Gasteiger partial charge in [-0.25, -0.2) is 0 Å². The zero-order chi connectivity index (χ0) is 10.6. The predicted octanol–water partition coefficient (Wildman–Crippen LogP) is 1.72. The van der Waals surface area contributed by atoms with Crippen LogP contribution in [0.2, 0.25) is 10.0 Å². The molecule has 0 saturated heterocycles. The minimum atomic E-state index is -0.290. The molecule has 0 heterocycles. The van der Waals surface area contributed by atoms with Crippen LogP contribution < -0.4 is 11.1 Å². The minimum Gasteiger partial charge on any atom is -0.395 e. The lowest BCUT2D eigenvalue weighted by atomic mass is 10.3. The lowest BCUT2D eigenvalue weighted by Gasteiger charge is -2.12. The summed E-state index contributed by atoms with van der Waals surface area (Å²) in [6, 6.07) is 4.87. The van der Waals surface area contributed by atoms with Gasteiger partial charge in [-0.05, 0) is 18.2 Å². The molecule has 0 aromatic heterocycles. The van der Waals surface area contributed by atoms with Gasteiger partial charge in [0.25, 0.3) is 0 Å². The zero-order valence-electron chi connectivity index (χ0n) is 7.50. The number of benzene rings is 1. The highest BCUT2D eigenvalue weighted by atomic mass is 35.5. The molecule has 0 radical (unpaired) electrons. The number of aliphatic hydroxyl groups excluding tert-OH is 1. The molecule has 1 atom stereocenters. The van der Waals surface area contributed by atoms with Crippen LogP contribution in [-0.2, 0) is 0 Å². The van der Waals surface area contributed by atoms with Gasteiger partial charge in [0.15, 0.2) is 0 Å². The molecule has 1 aromatic rings. The molecule has 78 valence electrons. The number of rotatable bonds is 4. The summed E-state index contributed by atoms with van der Waals surface area (Å²) in [4.78, 5) is 0. The lowest BCUT2D eigenvalue weighted by Crippen LogP contribution is -2.32. The van der Waals surface area contributed by atoms with E-state index in [2.05, 4.69) is 5.32 Å². The van der Waals surface area contributed by atoms with Crippen molar-refractivity contribution in [3.8, 4) is 0 Å². The molecule has 0 aliphatic rings. The fourth-order valence-electron chi connectivity index (χ4n) is 0.938. The number of anilines is 1. The molecule has 1 unspecified atom stereocenters. The number of hydrogen-bond donors (Lipinski definition) is 3. The van der Waals surface area contributed by atoms with Gasteiger partial charge in [0.1, 0.15) is 0 Å². The first-order chi connectivity index (χ1) is 6.63. The third-order valence-electron chi connectivity index (χ3n) is 1.72. The van der Waals surface area contributed by atoms with Crippen LogP contribution in [0.1, 0.15) is 0 Å². The average molecular weight is 235 g/mol. The molecule has 1 aromatic carbocycles. The molecule has 4 N–H and O–H groups in total. The standard InChI is InChI=1S/C9H12Cl2N2O/c10-6-1-2-9(8(11)3-6)13-4-7(12)5-14/h1-3,7,13-14H,4-5,12H2. The molecule has 0 aliphatic carbocycles. The second kappa shape index (κ2) is 5.41. The Morgan fingerprint density at radius 2 is 2.14 bits per heavy atom. The van der Waals surface area contributed by atoms with Crippen LogP contribution in [0.15, 0.2) is 18.2 Å². The number of nitrogens with two attached hydrogens (primary N) is 1. The van der Waals surface area contributed by atoms with Gasteiger partial charge < -0.3 is 16.2 Å². The van der Waals surface area contributed by atoms with E-state index < -0.39 is 0 Å². The summed E-state index contributed by atoms with van der Waals surface area (Å²) in [6.45, 7) is 0.413. The minimum absolute atomic E-state index is 0.0573. The Labute approximate surface area is 92.8 Å². The lowest BCUT2D eigenvalue weighted by molar-refractivity contribution is 0.270. The molecule has 14 heavy (non-hydrogen) atoms. The maximum absolute atomic E-state index is 8.71. The number of aliphatic hydroxyl groups is 1. The highest BCUT2D eigenvalue weighted by molar-refractivity contribution is 6.36. The zero-order valence-corrected chi connectivity index (χ0v) is 9.02. The maximum atomic E-state index is 8.71. The highest BCUT2D eigenvalue weighted by Gasteiger charge is 2.03. The third kappa shape index (κ3) is 3.35. The van der Waals surface area contributed by atoms with E-state index in [1.807, 2.05) is 0 Å². The summed E-state index contributed by atoms with van der Waals surface area (Å²) in [6.07, 6.45) is 0. The van der Waals surface area contributed by atoms with Crippen molar-refractivity contribution in [2.24, 2.45) is 5.73 Å². The van der Waals surface area contributed by atoms with E-state index in [1.165, 1.54) is 0 Å². The highest BCUT2D eigenvalue weighted by Crippen LogP contribution is 2.24. The van der Waals surface area contributed by atoms with Crippen LogP contribution in [0.3, 0.4) is 0 Å². The Kier molecular flexibility index (Phi) is 4.48. The van der Waals surface area contributed by atoms with Crippen LogP contribution >= 0.6 is 23.2 Å². The number of halogens is 2. The predicted molar refractivity (Wildman–Crippen MR) is 60.0 cm³/mol. The molecule has 1 rings (SSSR count). The first-order valence-electron chi connectivity index (χ1n) is 4.19. The summed E-state index contributed by atoms with van der Waals surface area (Å²) in [7, 11) is 0. The van der Waals surface area contributed by atoms with Crippen molar-refractivity contribution < 1.29 is 5.11 Å². The van der Waals surface area contributed by atoms with Crippen molar-refractivity contribution in [1.82, 2.24) is 0 Å². The molecule has 0 aliphatic heterocycles. The molecule has 0 fully saturated rings. The van der Waals surface area contributed by atoms with Gasteiger partial charge in [-0.15, -0.1) is 0 Å². The van der Waals surface area contributed by atoms with E-state index in [4.69, 9.17) is 34.0 Å². The van der Waals surface area contributed by atoms with Crippen molar-refractivity contribution in [3.05, 3.63) is 28.2 Å². The van der Waals surface area contributed by atoms with Crippen LogP contribution in [-0.4, -0.2) is 24.3 Å². The van der Waals surface area contributed by atoms with Gasteiger partial charge in [-0.3, -0.25) is 0 Å². The fraction of sp³-hybridized carbons (Fsp3) is 0.333. The normalized spacial score (nSPS) is 12.6. The summed E-state index contributed by atoms with van der Waals surface area (Å²) < 4.78 is 0. The average Bonchev–Trinajstić information content (AvgIpc) is 2.16. The van der Waals surface area contributed by atoms with Crippen molar-refractivity contribution in [2.45, 2.75) is 6.04 Å². The summed E-state index contributed by atoms with van der Waals surface area (Å²) >= 11 is 11.6. The molecular formula is C9H12Cl2N2O. The van der Waals surface area contributed by atoms with Gasteiger partial charge in [0.2, 0.25) is 0 Å². The molecule has 0 saturated carbocycles. The van der Waals surface area contributed by atoms with Crippen LogP contribution in [0, 0.1) is 0 Å². The van der Waals surface area contributed by atoms with Crippen molar-refractivity contribution in [3.63, 3.8) is 0 Å². The molecular weight excluding hydrogens is 223 g/mol. The number of hydrogen-bond acceptors (Lipinski definition) is 3. The topological polar surface area (TPSA) is 58.3 Å². The first kappa shape index (κ1) is 11.6. The van der Waals surface area contributed by atoms with Gasteiger partial charge in [0.05, 0.1) is 17.3 Å². The SMILES string of the molecule is NC(CO)CNc1ccc(Cl)cc1Cl. The second-order valence-electron chi connectivity index (χ2n) is 2.95. The van der Waals surface area contributed by atoms with E-state index >= 15 is 0 Å². The Morgan fingerprint density at radius 1 is 1.43 bits per heavy atom. The molecule has 0 bridgehead atoms. The smallest absolute Gasteiger partial charge is 0.0652 e. The Hall–Kier alpha value is -0.480. The van der Waals surface area contributed by atoms with Crippen molar-refractivity contribution in [2.75, 3.05) is 18.5 Å². The van der Waals surface area contributed by atoms with Crippen molar-refractivity contribution in [1.29, 1.82) is 0 Å². The van der Waals surface area contributed by atoms with Crippen molar-refractivity contribution >= 4 is 28.9 Å². The van der Waals surface area contributed by atoms with Crippen LogP contribution in [0.5, 0.6) is 0 Å². The van der Waals surface area contributed by atoms with Crippen LogP contribution in [0.4, 0.5) is 5.69 Å². The van der Waals surface area contributed by atoms with Gasteiger partial charge in [-0.1, -0.05) is 23.2 Å². The molecule has 0 amide bonds. The van der Waals surface area contributed by atoms with Gasteiger partial charge in [0, 0.05) is 17.6 Å². The summed E-state index contributed by atoms with van der Waals surface area (Å²) in [5.74, 6) is 0. The third-order valence-corrected chi connectivity index (χ3v) is 2.27. The molecule has 3 nitrogen and oxygen atoms in total. The molecule has 5 heteroatoms. The first-order valence-corrected chi connectivity index (χ1v) is 4.94.